The fourth-order valence-electron chi connectivity index (χ4n) is 2.37. The summed E-state index contributed by atoms with van der Waals surface area (Å²) in [6.45, 7) is 3.59. The van der Waals surface area contributed by atoms with Crippen LogP contribution in [0.5, 0.6) is 0 Å². The van der Waals surface area contributed by atoms with Gasteiger partial charge in [0, 0.05) is 33.2 Å². The lowest BCUT2D eigenvalue weighted by molar-refractivity contribution is 0.380. The Labute approximate surface area is 124 Å². The van der Waals surface area contributed by atoms with Gasteiger partial charge in [-0.15, -0.1) is 0 Å². The first-order valence-corrected chi connectivity index (χ1v) is 7.13. The van der Waals surface area contributed by atoms with Crippen molar-refractivity contribution in [2.45, 2.75) is 0 Å². The van der Waals surface area contributed by atoms with Crippen molar-refractivity contribution in [3.63, 3.8) is 0 Å². The summed E-state index contributed by atoms with van der Waals surface area (Å²) in [5.41, 5.74) is 1.89. The van der Waals surface area contributed by atoms with Gasteiger partial charge >= 0.3 is 0 Å². The molecule has 2 aliphatic heterocycles. The molecule has 1 aliphatic carbocycles. The molecule has 104 valence electrons. The topological polar surface area (TPSA) is 44.3 Å². The summed E-state index contributed by atoms with van der Waals surface area (Å²) in [6, 6.07) is 9.96. The highest BCUT2D eigenvalue weighted by Crippen LogP contribution is 2.22. The maximum absolute atomic E-state index is 5.26. The number of hydrogen-bond acceptors (Lipinski definition) is 4. The zero-order valence-corrected chi connectivity index (χ0v) is 12.2. The third kappa shape index (κ3) is 2.51. The second-order valence-electron chi connectivity index (χ2n) is 4.73. The fraction of sp³-hybridized carbons (Fsp3) is 0.357. The quantitative estimate of drug-likeness (QED) is 0.795. The van der Waals surface area contributed by atoms with Gasteiger partial charge in [0.1, 0.15) is 0 Å². The lowest BCUT2D eigenvalue weighted by Crippen LogP contribution is -2.51. The van der Waals surface area contributed by atoms with Crippen LogP contribution in [0.1, 0.15) is 0 Å². The number of piperazine rings is 1. The number of imidazole rings is 1. The number of nitrogens with one attached hydrogen (secondary N) is 1. The molecule has 0 saturated carbocycles. The van der Waals surface area contributed by atoms with Crippen molar-refractivity contribution in [1.82, 2.24) is 20.2 Å². The van der Waals surface area contributed by atoms with Gasteiger partial charge in [-0.3, -0.25) is 0 Å². The summed E-state index contributed by atoms with van der Waals surface area (Å²) < 4.78 is 0. The van der Waals surface area contributed by atoms with Crippen molar-refractivity contribution in [1.29, 1.82) is 0 Å². The van der Waals surface area contributed by atoms with Gasteiger partial charge in [0.25, 0.3) is 0 Å². The first-order chi connectivity index (χ1) is 9.78. The van der Waals surface area contributed by atoms with Crippen LogP contribution in [0.15, 0.2) is 30.3 Å². The first-order valence-electron chi connectivity index (χ1n) is 6.72. The van der Waals surface area contributed by atoms with E-state index in [0.717, 1.165) is 48.6 Å². The molecule has 0 unspecified atom stereocenters. The van der Waals surface area contributed by atoms with Crippen LogP contribution in [-0.2, 0) is 0 Å². The molecule has 0 spiro atoms. The third-order valence-electron chi connectivity index (χ3n) is 3.50. The predicted octanol–water partition coefficient (Wildman–Crippen LogP) is 1.21. The van der Waals surface area contributed by atoms with Gasteiger partial charge in [-0.05, 0) is 24.4 Å². The van der Waals surface area contributed by atoms with Gasteiger partial charge in [-0.25, -0.2) is 9.97 Å². The molecular weight excluding hydrogens is 270 g/mol. The number of rotatable bonds is 1. The van der Waals surface area contributed by atoms with E-state index in [4.69, 9.17) is 12.2 Å². The zero-order valence-electron chi connectivity index (χ0n) is 11.4. The van der Waals surface area contributed by atoms with Crippen molar-refractivity contribution < 1.29 is 0 Å². The first kappa shape index (κ1) is 13.1. The van der Waals surface area contributed by atoms with Crippen molar-refractivity contribution in [3.8, 4) is 11.4 Å². The molecule has 1 fully saturated rings. The number of anilines is 1. The van der Waals surface area contributed by atoms with Gasteiger partial charge < -0.3 is 15.1 Å². The highest BCUT2D eigenvalue weighted by atomic mass is 32.1. The van der Waals surface area contributed by atoms with Crippen molar-refractivity contribution in [2.75, 3.05) is 38.1 Å². The van der Waals surface area contributed by atoms with Gasteiger partial charge in [0.05, 0.1) is 11.4 Å². The number of aromatic nitrogens is 2. The number of fused-ring (bicyclic) bond motifs is 1. The standard InChI is InChI=1S/C14H17N5S/c1-15-14(20)19-9-7-18(8-10-19)13-16-11-5-3-2-4-6-12(11)17-13/h2-6H,7-10H2,1H3,(H,15,20). The van der Waals surface area contributed by atoms with Gasteiger partial charge in [0.15, 0.2) is 5.11 Å². The van der Waals surface area contributed by atoms with Gasteiger partial charge in [-0.2, -0.15) is 0 Å². The Morgan fingerprint density at radius 2 is 1.65 bits per heavy atom. The fourth-order valence-corrected chi connectivity index (χ4v) is 2.55. The van der Waals surface area contributed by atoms with E-state index in [2.05, 4.69) is 25.1 Å². The summed E-state index contributed by atoms with van der Waals surface area (Å²) in [5.74, 6) is 0.821. The summed E-state index contributed by atoms with van der Waals surface area (Å²) in [5, 5.41) is 3.83. The Morgan fingerprint density at radius 1 is 1.05 bits per heavy atom. The van der Waals surface area contributed by atoms with Gasteiger partial charge in [0.2, 0.25) is 5.95 Å². The SMILES string of the molecule is CNC(=S)N1CCN(c2nc3cccccc-3n2)CC1. The van der Waals surface area contributed by atoms with Crippen molar-refractivity contribution in [3.05, 3.63) is 30.3 Å². The minimum absolute atomic E-state index is 0.810. The van der Waals surface area contributed by atoms with Crippen LogP contribution in [0.4, 0.5) is 5.95 Å². The second kappa shape index (κ2) is 5.58. The van der Waals surface area contributed by atoms with E-state index in [0.29, 0.717) is 0 Å². The summed E-state index contributed by atoms with van der Waals surface area (Å²) in [4.78, 5) is 13.6. The average molecular weight is 287 g/mol. The molecule has 6 heteroatoms. The molecule has 1 saturated heterocycles. The summed E-state index contributed by atoms with van der Waals surface area (Å²) in [7, 11) is 1.86. The van der Waals surface area contributed by atoms with Crippen LogP contribution in [0.25, 0.3) is 11.4 Å². The molecule has 2 heterocycles. The molecule has 0 amide bonds. The van der Waals surface area contributed by atoms with E-state index in [1.54, 1.807) is 0 Å². The maximum atomic E-state index is 5.26. The van der Waals surface area contributed by atoms with E-state index < -0.39 is 0 Å². The number of hydrogen-bond donors (Lipinski definition) is 1. The molecule has 1 N–H and O–H groups in total. The number of nitrogens with zero attached hydrogens (tertiary/aromatic N) is 4. The summed E-state index contributed by atoms with van der Waals surface area (Å²) in [6.07, 6.45) is 0. The van der Waals surface area contributed by atoms with Gasteiger partial charge in [-0.1, -0.05) is 18.2 Å². The lowest BCUT2D eigenvalue weighted by atomic mass is 10.3. The Hall–Kier alpha value is -1.95. The highest BCUT2D eigenvalue weighted by Gasteiger charge is 2.22. The molecule has 3 rings (SSSR count). The van der Waals surface area contributed by atoms with E-state index in [1.807, 2.05) is 37.4 Å². The second-order valence-corrected chi connectivity index (χ2v) is 5.12. The van der Waals surface area contributed by atoms with Crippen molar-refractivity contribution in [2.24, 2.45) is 0 Å². The minimum atomic E-state index is 0.810. The van der Waals surface area contributed by atoms with E-state index >= 15 is 0 Å². The van der Waals surface area contributed by atoms with Crippen LogP contribution < -0.4 is 10.2 Å². The maximum Gasteiger partial charge on any atom is 0.226 e. The Balaban J connectivity index is 1.74. The predicted molar refractivity (Wildman–Crippen MR) is 84.1 cm³/mol. The summed E-state index contributed by atoms with van der Waals surface area (Å²) >= 11 is 5.26. The Bertz CT molecular complexity index is 549. The molecule has 3 aliphatic rings. The Morgan fingerprint density at radius 3 is 2.20 bits per heavy atom. The third-order valence-corrected chi connectivity index (χ3v) is 3.96. The molecule has 5 nitrogen and oxygen atoms in total. The average Bonchev–Trinajstić information content (AvgIpc) is 2.77. The molecule has 0 atom stereocenters. The van der Waals surface area contributed by atoms with E-state index in [-0.39, 0.29) is 0 Å². The molecule has 0 aromatic rings. The van der Waals surface area contributed by atoms with Crippen LogP contribution in [0, 0.1) is 0 Å². The normalized spacial score (nSPS) is 15.4. The molecule has 0 bridgehead atoms. The number of thiocarbonyl (C=S) groups is 1. The molecule has 0 aromatic carbocycles. The van der Waals surface area contributed by atoms with Crippen molar-refractivity contribution >= 4 is 23.3 Å². The molecule has 0 aromatic heterocycles. The molecule has 0 radical (unpaired) electrons. The largest absolute Gasteiger partial charge is 0.366 e. The van der Waals surface area contributed by atoms with E-state index in [1.165, 1.54) is 0 Å². The van der Waals surface area contributed by atoms with Crippen LogP contribution in [0.3, 0.4) is 0 Å². The monoisotopic (exact) mass is 287 g/mol. The van der Waals surface area contributed by atoms with Crippen LogP contribution >= 0.6 is 12.2 Å². The molecule has 20 heavy (non-hydrogen) atoms. The lowest BCUT2D eigenvalue weighted by Gasteiger charge is -2.35. The van der Waals surface area contributed by atoms with Crippen LogP contribution in [0.2, 0.25) is 0 Å². The Kier molecular flexibility index (Phi) is 3.64. The molecular formula is C14H17N5S. The van der Waals surface area contributed by atoms with Crippen LogP contribution in [-0.4, -0.2) is 53.2 Å². The van der Waals surface area contributed by atoms with E-state index in [9.17, 15) is 0 Å². The zero-order chi connectivity index (χ0) is 13.9. The minimum Gasteiger partial charge on any atom is -0.366 e. The highest BCUT2D eigenvalue weighted by molar-refractivity contribution is 7.80. The smallest absolute Gasteiger partial charge is 0.226 e.